The van der Waals surface area contributed by atoms with E-state index in [1.165, 1.54) is 12.1 Å². The third kappa shape index (κ3) is 9.86. The third-order valence-corrected chi connectivity index (χ3v) is 11.1. The summed E-state index contributed by atoms with van der Waals surface area (Å²) >= 11 is 0. The highest BCUT2D eigenvalue weighted by atomic mass is 32.2. The molecule has 0 bridgehead atoms. The molecule has 1 aliphatic rings. The molecule has 1 aliphatic heterocycles. The number of nitrogens with zero attached hydrogens (tertiary/aromatic N) is 1. The van der Waals surface area contributed by atoms with Crippen LogP contribution in [0.5, 0.6) is 5.75 Å². The van der Waals surface area contributed by atoms with Crippen LogP contribution in [-0.2, 0) is 38.3 Å². The number of hydrogen-bond donors (Lipinski definition) is 3. The van der Waals surface area contributed by atoms with Gasteiger partial charge in [0.05, 0.1) is 28.4 Å². The number of carbonyl (C=O) groups excluding carboxylic acids is 1. The predicted molar refractivity (Wildman–Crippen MR) is 203 cm³/mol. The molecule has 1 amide bonds. The topological polar surface area (TPSA) is 126 Å². The molecule has 5 aromatic carbocycles. The number of amides is 1. The molecule has 6 rings (SSSR count). The summed E-state index contributed by atoms with van der Waals surface area (Å²) in [6.07, 6.45) is -11.5. The van der Waals surface area contributed by atoms with Crippen LogP contribution in [0.15, 0.2) is 137 Å². The van der Waals surface area contributed by atoms with Gasteiger partial charge in [-0.1, -0.05) is 72.8 Å². The highest BCUT2D eigenvalue weighted by Crippen LogP contribution is 2.44. The number of sulfone groups is 1. The summed E-state index contributed by atoms with van der Waals surface area (Å²) in [7, 11) is -4.04. The van der Waals surface area contributed by atoms with Crippen LogP contribution in [0.25, 0.3) is 11.1 Å². The maximum absolute atomic E-state index is 14.6. The van der Waals surface area contributed by atoms with Gasteiger partial charge in [0.2, 0.25) is 5.90 Å². The number of aliphatic imine (C=N–C) groups is 1. The first kappa shape index (κ1) is 41.9. The SMILES string of the molecule is O=C(NNCc1cc(C(F)(F)F)cc(C(F)(F)F)c1)[C@@]1(CCS(=O)(=O)c2ccccc2)N=C(c2ccc(OCCCO)cc2)O[C@H]1c1ccc(-c2ccccc2)cc1. The van der Waals surface area contributed by atoms with E-state index in [1.807, 2.05) is 30.3 Å². The number of alkyl halides is 6. The second kappa shape index (κ2) is 17.4. The Kier molecular flexibility index (Phi) is 12.6. The molecule has 2 atom stereocenters. The zero-order chi connectivity index (χ0) is 41.6. The van der Waals surface area contributed by atoms with Crippen molar-refractivity contribution < 1.29 is 54.1 Å². The van der Waals surface area contributed by atoms with Crippen molar-refractivity contribution >= 4 is 21.6 Å². The third-order valence-electron chi connectivity index (χ3n) is 9.35. The fourth-order valence-electron chi connectivity index (χ4n) is 6.34. The Morgan fingerprint density at radius 1 is 0.776 bits per heavy atom. The molecule has 0 aliphatic carbocycles. The van der Waals surface area contributed by atoms with Crippen molar-refractivity contribution in [3.05, 3.63) is 155 Å². The van der Waals surface area contributed by atoms with Gasteiger partial charge < -0.3 is 14.6 Å². The van der Waals surface area contributed by atoms with Gasteiger partial charge in [-0.15, -0.1) is 0 Å². The lowest BCUT2D eigenvalue weighted by Gasteiger charge is -2.30. The molecule has 0 saturated carbocycles. The normalized spacial score (nSPS) is 17.0. The predicted octanol–water partition coefficient (Wildman–Crippen LogP) is 8.09. The summed E-state index contributed by atoms with van der Waals surface area (Å²) in [4.78, 5) is 19.3. The van der Waals surface area contributed by atoms with Crippen molar-refractivity contribution in [1.29, 1.82) is 0 Å². The van der Waals surface area contributed by atoms with Crippen LogP contribution in [0.3, 0.4) is 0 Å². The molecule has 0 radical (unpaired) electrons. The molecular formula is C42H37F6N3O6S. The Morgan fingerprint density at radius 3 is 1.93 bits per heavy atom. The standard InChI is InChI=1S/C42H37F6N3O6S/c43-41(44,45)33-24-28(25-34(26-33)42(46,47)48)27-49-51-39(53)40(20-23-58(54,55)36-10-5-2-6-11-36)37(31-14-12-30(13-15-31)29-8-3-1-4-9-29)57-38(50-40)32-16-18-35(19-17-32)56-22-7-21-52/h1-6,8-19,24-26,37,49,52H,7,20-23,27H2,(H,51,53)/t37-,40-/m0/s1. The fourth-order valence-corrected chi connectivity index (χ4v) is 7.73. The average Bonchev–Trinajstić information content (AvgIpc) is 3.61. The molecule has 1 heterocycles. The molecule has 5 aromatic rings. The van der Waals surface area contributed by atoms with Crippen molar-refractivity contribution in [3.8, 4) is 16.9 Å². The smallest absolute Gasteiger partial charge is 0.416 e. The van der Waals surface area contributed by atoms with Crippen molar-refractivity contribution in [2.75, 3.05) is 19.0 Å². The Hall–Kier alpha value is -5.71. The summed E-state index contributed by atoms with van der Waals surface area (Å²) in [5.74, 6) is -1.15. The number of nitrogens with one attached hydrogen (secondary N) is 2. The Balaban J connectivity index is 1.39. The van der Waals surface area contributed by atoms with Gasteiger partial charge >= 0.3 is 12.4 Å². The van der Waals surface area contributed by atoms with Gasteiger partial charge in [-0.3, -0.25) is 10.2 Å². The quantitative estimate of drug-likeness (QED) is 0.0554. The van der Waals surface area contributed by atoms with Gasteiger partial charge in [0.15, 0.2) is 21.5 Å². The molecule has 304 valence electrons. The van der Waals surface area contributed by atoms with Gasteiger partial charge in [0, 0.05) is 31.6 Å². The Morgan fingerprint density at radius 2 is 1.34 bits per heavy atom. The van der Waals surface area contributed by atoms with E-state index in [0.717, 1.165) is 11.1 Å². The van der Waals surface area contributed by atoms with E-state index >= 15 is 0 Å². The number of ether oxygens (including phenoxy) is 2. The molecule has 0 aromatic heterocycles. The molecule has 0 spiro atoms. The molecule has 58 heavy (non-hydrogen) atoms. The highest BCUT2D eigenvalue weighted by molar-refractivity contribution is 7.91. The lowest BCUT2D eigenvalue weighted by atomic mass is 9.84. The second-order valence-corrected chi connectivity index (χ2v) is 15.5. The van der Waals surface area contributed by atoms with Crippen LogP contribution < -0.4 is 15.6 Å². The number of aliphatic hydroxyl groups excluding tert-OH is 1. The van der Waals surface area contributed by atoms with Crippen LogP contribution in [0, 0.1) is 0 Å². The minimum absolute atomic E-state index is 0.00217. The zero-order valence-electron chi connectivity index (χ0n) is 30.6. The van der Waals surface area contributed by atoms with Crippen molar-refractivity contribution in [2.24, 2.45) is 4.99 Å². The van der Waals surface area contributed by atoms with Crippen molar-refractivity contribution in [3.63, 3.8) is 0 Å². The maximum atomic E-state index is 14.6. The van der Waals surface area contributed by atoms with Gasteiger partial charge in [-0.2, -0.15) is 26.3 Å². The first-order valence-electron chi connectivity index (χ1n) is 17.9. The Labute approximate surface area is 330 Å². The number of rotatable bonds is 15. The van der Waals surface area contributed by atoms with Gasteiger partial charge in [-0.05, 0) is 76.9 Å². The van der Waals surface area contributed by atoms with E-state index in [4.69, 9.17) is 19.6 Å². The molecule has 0 saturated heterocycles. The minimum atomic E-state index is -5.09. The number of halogens is 6. The van der Waals surface area contributed by atoms with Crippen LogP contribution in [0.4, 0.5) is 26.3 Å². The highest BCUT2D eigenvalue weighted by Gasteiger charge is 2.54. The van der Waals surface area contributed by atoms with Crippen LogP contribution >= 0.6 is 0 Å². The largest absolute Gasteiger partial charge is 0.494 e. The summed E-state index contributed by atoms with van der Waals surface area (Å²) < 4.78 is 121. The summed E-state index contributed by atoms with van der Waals surface area (Å²) in [5, 5.41) is 9.10. The van der Waals surface area contributed by atoms with Gasteiger partial charge in [-0.25, -0.2) is 18.8 Å². The van der Waals surface area contributed by atoms with Crippen LogP contribution in [-0.4, -0.2) is 49.8 Å². The van der Waals surface area contributed by atoms with E-state index in [9.17, 15) is 39.6 Å². The lowest BCUT2D eigenvalue weighted by molar-refractivity contribution is -0.143. The summed E-state index contributed by atoms with van der Waals surface area (Å²) in [5.41, 5.74) is 1.78. The second-order valence-electron chi connectivity index (χ2n) is 13.4. The average molecular weight is 826 g/mol. The van der Waals surface area contributed by atoms with E-state index in [0.29, 0.717) is 35.4 Å². The lowest BCUT2D eigenvalue weighted by Crippen LogP contribution is -2.53. The number of aliphatic hydroxyl groups is 1. The van der Waals surface area contributed by atoms with E-state index in [2.05, 4.69) is 10.9 Å². The zero-order valence-corrected chi connectivity index (χ0v) is 31.4. The fraction of sp³-hybridized carbons (Fsp3) is 0.238. The molecule has 3 N–H and O–H groups in total. The van der Waals surface area contributed by atoms with Crippen molar-refractivity contribution in [2.45, 2.75) is 48.3 Å². The van der Waals surface area contributed by atoms with E-state index in [1.54, 1.807) is 66.7 Å². The summed E-state index contributed by atoms with van der Waals surface area (Å²) in [6.45, 7) is -0.495. The minimum Gasteiger partial charge on any atom is -0.494 e. The molecule has 0 fully saturated rings. The number of benzene rings is 5. The molecule has 16 heteroatoms. The number of hydrazine groups is 1. The molecule has 9 nitrogen and oxygen atoms in total. The van der Waals surface area contributed by atoms with Crippen LogP contribution in [0.1, 0.15) is 46.8 Å². The van der Waals surface area contributed by atoms with E-state index < -0.39 is 75.1 Å². The Bertz CT molecular complexity index is 2290. The monoisotopic (exact) mass is 825 g/mol. The van der Waals surface area contributed by atoms with Gasteiger partial charge in [0.1, 0.15) is 5.75 Å². The summed E-state index contributed by atoms with van der Waals surface area (Å²) in [6, 6.07) is 31.4. The molecular weight excluding hydrogens is 789 g/mol. The van der Waals surface area contributed by atoms with E-state index in [-0.39, 0.29) is 30.1 Å². The maximum Gasteiger partial charge on any atom is 0.416 e. The number of hydrogen-bond acceptors (Lipinski definition) is 8. The first-order valence-corrected chi connectivity index (χ1v) is 19.6. The van der Waals surface area contributed by atoms with Gasteiger partial charge in [0.25, 0.3) is 5.91 Å². The van der Waals surface area contributed by atoms with Crippen molar-refractivity contribution in [1.82, 2.24) is 10.9 Å². The molecule has 0 unspecified atom stereocenters. The number of carbonyl (C=O) groups is 1. The van der Waals surface area contributed by atoms with Crippen LogP contribution in [0.2, 0.25) is 0 Å². The first-order chi connectivity index (χ1) is 27.6.